The van der Waals surface area contributed by atoms with E-state index in [4.69, 9.17) is 4.42 Å². The van der Waals surface area contributed by atoms with Gasteiger partial charge in [0.1, 0.15) is 11.8 Å². The fourth-order valence-electron chi connectivity index (χ4n) is 4.91. The highest BCUT2D eigenvalue weighted by atomic mass is 32.1. The fraction of sp³-hybridized carbons (Fsp3) is 0.185. The predicted octanol–water partition coefficient (Wildman–Crippen LogP) is 6.14. The van der Waals surface area contributed by atoms with E-state index in [1.807, 2.05) is 60.8 Å². The normalized spacial score (nSPS) is 20.0. The summed E-state index contributed by atoms with van der Waals surface area (Å²) in [5.41, 5.74) is 5.10. The third-order valence-electron chi connectivity index (χ3n) is 6.52. The van der Waals surface area contributed by atoms with E-state index in [1.54, 1.807) is 11.3 Å². The van der Waals surface area contributed by atoms with Gasteiger partial charge in [-0.15, -0.1) is 11.3 Å². The van der Waals surface area contributed by atoms with Crippen LogP contribution >= 0.6 is 11.3 Å². The first-order valence-electron chi connectivity index (χ1n) is 11.0. The summed E-state index contributed by atoms with van der Waals surface area (Å²) < 4.78 is 5.86. The lowest BCUT2D eigenvalue weighted by atomic mass is 9.81. The SMILES string of the molecule is Cc1ccc2occ([C@H]3Nc4ccccc4NC4=C3C(=O)C[C@H](c3cccs3)C4)c(=O)c2c1. The van der Waals surface area contributed by atoms with Gasteiger partial charge in [-0.05, 0) is 49.1 Å². The number of fused-ring (bicyclic) bond motifs is 2. The molecule has 0 fully saturated rings. The molecular weight excluding hydrogens is 432 g/mol. The van der Waals surface area contributed by atoms with E-state index in [2.05, 4.69) is 16.7 Å². The van der Waals surface area contributed by atoms with Gasteiger partial charge in [-0.25, -0.2) is 0 Å². The van der Waals surface area contributed by atoms with Crippen LogP contribution in [0.5, 0.6) is 0 Å². The molecule has 164 valence electrons. The third kappa shape index (κ3) is 3.38. The van der Waals surface area contributed by atoms with E-state index in [1.165, 1.54) is 11.1 Å². The monoisotopic (exact) mass is 454 g/mol. The molecule has 1 aliphatic heterocycles. The number of carbonyl (C=O) groups is 1. The maximum absolute atomic E-state index is 13.6. The van der Waals surface area contributed by atoms with Crippen LogP contribution in [-0.4, -0.2) is 5.78 Å². The number of anilines is 2. The summed E-state index contributed by atoms with van der Waals surface area (Å²) >= 11 is 1.68. The van der Waals surface area contributed by atoms with Crippen molar-refractivity contribution in [3.63, 3.8) is 0 Å². The molecule has 33 heavy (non-hydrogen) atoms. The molecule has 2 atom stereocenters. The van der Waals surface area contributed by atoms with Crippen molar-refractivity contribution in [2.24, 2.45) is 0 Å². The minimum Gasteiger partial charge on any atom is -0.464 e. The smallest absolute Gasteiger partial charge is 0.198 e. The van der Waals surface area contributed by atoms with Gasteiger partial charge in [-0.3, -0.25) is 9.59 Å². The molecule has 6 rings (SSSR count). The first kappa shape index (κ1) is 20.0. The molecule has 2 aromatic heterocycles. The number of nitrogens with one attached hydrogen (secondary N) is 2. The minimum absolute atomic E-state index is 0.0520. The van der Waals surface area contributed by atoms with E-state index in [0.29, 0.717) is 34.9 Å². The molecular formula is C27H22N2O3S. The van der Waals surface area contributed by atoms with Gasteiger partial charge in [0.05, 0.1) is 28.4 Å². The van der Waals surface area contributed by atoms with Crippen molar-refractivity contribution in [1.82, 2.24) is 0 Å². The van der Waals surface area contributed by atoms with Gasteiger partial charge in [0.25, 0.3) is 0 Å². The first-order chi connectivity index (χ1) is 16.1. The minimum atomic E-state index is -0.589. The molecule has 0 amide bonds. The molecule has 0 radical (unpaired) electrons. The number of ketones is 1. The first-order valence-corrected chi connectivity index (χ1v) is 11.9. The van der Waals surface area contributed by atoms with Gasteiger partial charge in [-0.1, -0.05) is 29.8 Å². The number of benzene rings is 2. The third-order valence-corrected chi connectivity index (χ3v) is 7.56. The number of Topliss-reactive ketones (excluding diaryl/α,β-unsaturated/α-hetero) is 1. The topological polar surface area (TPSA) is 71.3 Å². The van der Waals surface area contributed by atoms with Gasteiger partial charge < -0.3 is 15.1 Å². The number of rotatable bonds is 2. The Balaban J connectivity index is 1.54. The number of carbonyl (C=O) groups excluding carboxylic acids is 1. The number of hydrogen-bond acceptors (Lipinski definition) is 6. The van der Waals surface area contributed by atoms with Crippen LogP contribution in [0.4, 0.5) is 11.4 Å². The van der Waals surface area contributed by atoms with Gasteiger partial charge in [0.15, 0.2) is 11.2 Å². The number of aryl methyl sites for hydroxylation is 1. The van der Waals surface area contributed by atoms with Gasteiger partial charge in [-0.2, -0.15) is 0 Å². The lowest BCUT2D eigenvalue weighted by Gasteiger charge is -2.28. The predicted molar refractivity (Wildman–Crippen MR) is 132 cm³/mol. The molecule has 2 N–H and O–H groups in total. The highest BCUT2D eigenvalue weighted by molar-refractivity contribution is 7.10. The standard InChI is InChI=1S/C27H22N2O3S/c1-15-8-9-23-17(11-15)27(31)18(14-32-23)26-25-21(28-19-5-2-3-6-20(19)29-26)12-16(13-22(25)30)24-7-4-10-33-24/h2-11,14,16,26,28-29H,12-13H2,1H3/t16-,26-/m1/s1. The van der Waals surface area contributed by atoms with Crippen molar-refractivity contribution in [2.75, 3.05) is 10.6 Å². The van der Waals surface area contributed by atoms with Crippen molar-refractivity contribution >= 4 is 39.5 Å². The number of thiophene rings is 1. The molecule has 0 saturated heterocycles. The van der Waals surface area contributed by atoms with E-state index >= 15 is 0 Å². The van der Waals surface area contributed by atoms with Crippen LogP contribution in [0, 0.1) is 6.92 Å². The summed E-state index contributed by atoms with van der Waals surface area (Å²) in [5, 5.41) is 9.57. The van der Waals surface area contributed by atoms with Crippen LogP contribution in [0.3, 0.4) is 0 Å². The molecule has 5 nitrogen and oxygen atoms in total. The molecule has 2 aromatic carbocycles. The molecule has 2 aliphatic rings. The van der Waals surface area contributed by atoms with Crippen LogP contribution in [0.1, 0.15) is 40.8 Å². The summed E-state index contributed by atoms with van der Waals surface area (Å²) in [5.74, 6) is 0.182. The quantitative estimate of drug-likeness (QED) is 0.381. The fourth-order valence-corrected chi connectivity index (χ4v) is 5.74. The summed E-state index contributed by atoms with van der Waals surface area (Å²) in [6.07, 6.45) is 2.65. The molecule has 3 heterocycles. The van der Waals surface area contributed by atoms with Crippen molar-refractivity contribution in [2.45, 2.75) is 31.7 Å². The number of allylic oxidation sites excluding steroid dienone is 1. The Morgan fingerprint density at radius 2 is 1.85 bits per heavy atom. The number of para-hydroxylation sites is 2. The second-order valence-electron chi connectivity index (χ2n) is 8.70. The molecule has 6 heteroatoms. The van der Waals surface area contributed by atoms with E-state index in [0.717, 1.165) is 22.6 Å². The Morgan fingerprint density at radius 3 is 2.67 bits per heavy atom. The number of hydrogen-bond donors (Lipinski definition) is 2. The Bertz CT molecular complexity index is 1480. The highest BCUT2D eigenvalue weighted by Crippen LogP contribution is 2.44. The lowest BCUT2D eigenvalue weighted by Crippen LogP contribution is -2.29. The van der Waals surface area contributed by atoms with E-state index < -0.39 is 6.04 Å². The summed E-state index contributed by atoms with van der Waals surface area (Å²) in [4.78, 5) is 28.4. The Kier molecular flexibility index (Phi) is 4.69. The molecule has 0 bridgehead atoms. The van der Waals surface area contributed by atoms with Gasteiger partial charge >= 0.3 is 0 Å². The second kappa shape index (κ2) is 7.74. The second-order valence-corrected chi connectivity index (χ2v) is 9.68. The zero-order valence-electron chi connectivity index (χ0n) is 18.1. The van der Waals surface area contributed by atoms with E-state index in [-0.39, 0.29) is 17.1 Å². The van der Waals surface area contributed by atoms with Crippen LogP contribution in [0.15, 0.2) is 86.7 Å². The maximum atomic E-state index is 13.6. The average molecular weight is 455 g/mol. The van der Waals surface area contributed by atoms with Crippen LogP contribution < -0.4 is 16.1 Å². The molecule has 0 unspecified atom stereocenters. The summed E-state index contributed by atoms with van der Waals surface area (Å²) in [7, 11) is 0. The van der Waals surface area contributed by atoms with Gasteiger partial charge in [0.2, 0.25) is 0 Å². The largest absolute Gasteiger partial charge is 0.464 e. The maximum Gasteiger partial charge on any atom is 0.198 e. The molecule has 0 spiro atoms. The van der Waals surface area contributed by atoms with Gasteiger partial charge in [0, 0.05) is 28.5 Å². The van der Waals surface area contributed by atoms with Crippen molar-refractivity contribution in [1.29, 1.82) is 0 Å². The van der Waals surface area contributed by atoms with Crippen molar-refractivity contribution < 1.29 is 9.21 Å². The molecule has 0 saturated carbocycles. The van der Waals surface area contributed by atoms with Crippen LogP contribution in [0.25, 0.3) is 11.0 Å². The zero-order chi connectivity index (χ0) is 22.5. The Labute approximate surface area is 194 Å². The summed E-state index contributed by atoms with van der Waals surface area (Å²) in [6.45, 7) is 1.95. The van der Waals surface area contributed by atoms with Crippen LogP contribution in [0.2, 0.25) is 0 Å². The van der Waals surface area contributed by atoms with E-state index in [9.17, 15) is 9.59 Å². The lowest BCUT2D eigenvalue weighted by molar-refractivity contribution is -0.116. The summed E-state index contributed by atoms with van der Waals surface area (Å²) in [6, 6.07) is 17.0. The molecule has 1 aliphatic carbocycles. The highest BCUT2D eigenvalue weighted by Gasteiger charge is 2.37. The van der Waals surface area contributed by atoms with Crippen LogP contribution in [-0.2, 0) is 4.79 Å². The molecule has 4 aromatic rings. The average Bonchev–Trinajstić information content (AvgIpc) is 3.29. The van der Waals surface area contributed by atoms with Crippen molar-refractivity contribution in [3.8, 4) is 0 Å². The van der Waals surface area contributed by atoms with Crippen molar-refractivity contribution in [3.05, 3.63) is 104 Å². The Hall–Kier alpha value is -3.64. The zero-order valence-corrected chi connectivity index (χ0v) is 18.9. The Morgan fingerprint density at radius 1 is 1.00 bits per heavy atom.